The van der Waals surface area contributed by atoms with Crippen molar-refractivity contribution < 1.29 is 14.7 Å². The summed E-state index contributed by atoms with van der Waals surface area (Å²) in [5.74, 6) is -0.212. The molecule has 19 heavy (non-hydrogen) atoms. The van der Waals surface area contributed by atoms with E-state index in [9.17, 15) is 14.7 Å². The van der Waals surface area contributed by atoms with Crippen molar-refractivity contribution in [3.05, 3.63) is 0 Å². The molecule has 1 aliphatic heterocycles. The number of amides is 1. The Kier molecular flexibility index (Phi) is 5.26. The average molecular weight is 288 g/mol. The predicted molar refractivity (Wildman–Crippen MR) is 77.1 cm³/mol. The molecule has 110 valence electrons. The van der Waals surface area contributed by atoms with Gasteiger partial charge in [0, 0.05) is 4.75 Å². The maximum atomic E-state index is 12.5. The molecule has 1 saturated heterocycles. The van der Waals surface area contributed by atoms with E-state index in [1.807, 2.05) is 13.8 Å². The number of nitrogens with one attached hydrogen (secondary N) is 1. The fourth-order valence-corrected chi connectivity index (χ4v) is 3.53. The van der Waals surface area contributed by atoms with Crippen LogP contribution in [0.25, 0.3) is 0 Å². The number of carboxylic acid groups (broad SMARTS) is 1. The van der Waals surface area contributed by atoms with Gasteiger partial charge in [-0.3, -0.25) is 4.79 Å². The summed E-state index contributed by atoms with van der Waals surface area (Å²) < 4.78 is -0.447. The highest BCUT2D eigenvalue weighted by Crippen LogP contribution is 2.39. The number of carboxylic acids is 1. The van der Waals surface area contributed by atoms with Gasteiger partial charge in [0.05, 0.1) is 11.9 Å². The van der Waals surface area contributed by atoms with Gasteiger partial charge in [0.15, 0.2) is 0 Å². The molecule has 2 atom stereocenters. The summed E-state index contributed by atoms with van der Waals surface area (Å²) in [6.07, 6.45) is 0.712. The molecular formula is C13H24N2O3S. The number of hydrogen-bond donors (Lipinski definition) is 2. The van der Waals surface area contributed by atoms with Crippen LogP contribution in [-0.2, 0) is 9.59 Å². The molecule has 0 aromatic heterocycles. The SMILES string of the molecule is CN[C@@H](CC(C)C)C(=O)N1CSC(C)(C)[C@H]1C(=O)O. The highest BCUT2D eigenvalue weighted by molar-refractivity contribution is 8.00. The summed E-state index contributed by atoms with van der Waals surface area (Å²) in [7, 11) is 1.75. The van der Waals surface area contributed by atoms with Crippen LogP contribution in [0.15, 0.2) is 0 Å². The molecule has 0 bridgehead atoms. The van der Waals surface area contributed by atoms with Crippen molar-refractivity contribution >= 4 is 23.6 Å². The lowest BCUT2D eigenvalue weighted by atomic mass is 9.99. The minimum atomic E-state index is -0.928. The quantitative estimate of drug-likeness (QED) is 0.800. The van der Waals surface area contributed by atoms with E-state index >= 15 is 0 Å². The van der Waals surface area contributed by atoms with Crippen molar-refractivity contribution in [3.63, 3.8) is 0 Å². The Bertz CT molecular complexity index is 358. The zero-order valence-corrected chi connectivity index (χ0v) is 13.1. The zero-order valence-electron chi connectivity index (χ0n) is 12.3. The van der Waals surface area contributed by atoms with E-state index in [-0.39, 0.29) is 11.9 Å². The third kappa shape index (κ3) is 3.63. The average Bonchev–Trinajstić information content (AvgIpc) is 2.60. The number of rotatable bonds is 5. The first-order chi connectivity index (χ1) is 8.70. The third-order valence-electron chi connectivity index (χ3n) is 3.42. The molecule has 2 N–H and O–H groups in total. The molecule has 0 spiro atoms. The molecule has 1 aliphatic rings. The Labute approximate surface area is 119 Å². The molecule has 0 radical (unpaired) electrons. The van der Waals surface area contributed by atoms with E-state index < -0.39 is 16.8 Å². The van der Waals surface area contributed by atoms with Gasteiger partial charge in [0.1, 0.15) is 6.04 Å². The van der Waals surface area contributed by atoms with Gasteiger partial charge in [-0.25, -0.2) is 4.79 Å². The molecule has 1 heterocycles. The smallest absolute Gasteiger partial charge is 0.327 e. The van der Waals surface area contributed by atoms with Crippen LogP contribution in [0, 0.1) is 5.92 Å². The maximum Gasteiger partial charge on any atom is 0.327 e. The molecule has 0 aromatic carbocycles. The van der Waals surface area contributed by atoms with Gasteiger partial charge < -0.3 is 15.3 Å². The Balaban J connectivity index is 2.89. The van der Waals surface area contributed by atoms with Crippen molar-refractivity contribution in [2.45, 2.75) is 50.9 Å². The Morgan fingerprint density at radius 1 is 1.47 bits per heavy atom. The second-order valence-electron chi connectivity index (χ2n) is 5.90. The van der Waals surface area contributed by atoms with E-state index in [0.29, 0.717) is 18.2 Å². The number of thioether (sulfide) groups is 1. The van der Waals surface area contributed by atoms with E-state index in [1.54, 1.807) is 7.05 Å². The van der Waals surface area contributed by atoms with Crippen LogP contribution >= 0.6 is 11.8 Å². The van der Waals surface area contributed by atoms with Gasteiger partial charge in [0.2, 0.25) is 5.91 Å². The van der Waals surface area contributed by atoms with Crippen molar-refractivity contribution in [1.29, 1.82) is 0 Å². The molecule has 5 nitrogen and oxygen atoms in total. The van der Waals surface area contributed by atoms with E-state index in [1.165, 1.54) is 16.7 Å². The largest absolute Gasteiger partial charge is 0.480 e. The molecule has 0 aromatic rings. The van der Waals surface area contributed by atoms with Gasteiger partial charge >= 0.3 is 5.97 Å². The normalized spacial score (nSPS) is 23.7. The highest BCUT2D eigenvalue weighted by Gasteiger charge is 2.49. The summed E-state index contributed by atoms with van der Waals surface area (Å²) in [6, 6.07) is -1.07. The number of nitrogens with zero attached hydrogens (tertiary/aromatic N) is 1. The van der Waals surface area contributed by atoms with Gasteiger partial charge in [-0.15, -0.1) is 11.8 Å². The molecule has 1 fully saturated rings. The minimum Gasteiger partial charge on any atom is -0.480 e. The molecule has 1 rings (SSSR count). The van der Waals surface area contributed by atoms with Gasteiger partial charge in [0.25, 0.3) is 0 Å². The first kappa shape index (κ1) is 16.3. The Morgan fingerprint density at radius 3 is 2.47 bits per heavy atom. The van der Waals surface area contributed by atoms with E-state index in [2.05, 4.69) is 19.2 Å². The van der Waals surface area contributed by atoms with Crippen LogP contribution < -0.4 is 5.32 Å². The van der Waals surface area contributed by atoms with Crippen LogP contribution in [0.5, 0.6) is 0 Å². The van der Waals surface area contributed by atoms with E-state index in [0.717, 1.165) is 0 Å². The monoisotopic (exact) mass is 288 g/mol. The summed E-state index contributed by atoms with van der Waals surface area (Å²) in [5, 5.41) is 12.4. The fourth-order valence-electron chi connectivity index (χ4n) is 2.40. The minimum absolute atomic E-state index is 0.110. The fraction of sp³-hybridized carbons (Fsp3) is 0.846. The lowest BCUT2D eigenvalue weighted by molar-refractivity contribution is -0.150. The molecule has 0 saturated carbocycles. The molecule has 6 heteroatoms. The molecule has 0 unspecified atom stereocenters. The van der Waals surface area contributed by atoms with Crippen molar-refractivity contribution in [2.75, 3.05) is 12.9 Å². The van der Waals surface area contributed by atoms with Crippen LogP contribution in [0.2, 0.25) is 0 Å². The molecule has 0 aliphatic carbocycles. The maximum absolute atomic E-state index is 12.5. The van der Waals surface area contributed by atoms with E-state index in [4.69, 9.17) is 0 Å². The van der Waals surface area contributed by atoms with Crippen LogP contribution in [-0.4, -0.2) is 51.6 Å². The number of carbonyl (C=O) groups is 2. The number of hydrogen-bond acceptors (Lipinski definition) is 4. The van der Waals surface area contributed by atoms with Crippen molar-refractivity contribution in [3.8, 4) is 0 Å². The Hall–Kier alpha value is -0.750. The topological polar surface area (TPSA) is 69.6 Å². The van der Waals surface area contributed by atoms with Crippen LogP contribution in [0.1, 0.15) is 34.1 Å². The van der Waals surface area contributed by atoms with Crippen LogP contribution in [0.4, 0.5) is 0 Å². The number of likely N-dealkylation sites (N-methyl/N-ethyl adjacent to an activating group) is 1. The van der Waals surface area contributed by atoms with Gasteiger partial charge in [-0.2, -0.15) is 0 Å². The second kappa shape index (κ2) is 6.13. The Morgan fingerprint density at radius 2 is 2.05 bits per heavy atom. The van der Waals surface area contributed by atoms with Crippen LogP contribution in [0.3, 0.4) is 0 Å². The first-order valence-electron chi connectivity index (χ1n) is 6.55. The summed E-state index contributed by atoms with van der Waals surface area (Å²) in [4.78, 5) is 25.4. The summed E-state index contributed by atoms with van der Waals surface area (Å²) in [6.45, 7) is 7.85. The number of aliphatic carboxylic acids is 1. The lowest BCUT2D eigenvalue weighted by Crippen LogP contribution is -2.54. The van der Waals surface area contributed by atoms with Crippen molar-refractivity contribution in [2.24, 2.45) is 5.92 Å². The first-order valence-corrected chi connectivity index (χ1v) is 7.53. The zero-order chi connectivity index (χ0) is 14.8. The summed E-state index contributed by atoms with van der Waals surface area (Å²) in [5.41, 5.74) is 0. The summed E-state index contributed by atoms with van der Waals surface area (Å²) >= 11 is 1.52. The lowest BCUT2D eigenvalue weighted by Gasteiger charge is -2.30. The molecule has 1 amide bonds. The van der Waals surface area contributed by atoms with Crippen molar-refractivity contribution in [1.82, 2.24) is 10.2 Å². The standard InChI is InChI=1S/C13H24N2O3S/c1-8(2)6-9(14-5)11(16)15-7-19-13(3,4)10(15)12(17)18/h8-10,14H,6-7H2,1-5H3,(H,17,18)/t9-,10+/m0/s1. The van der Waals surface area contributed by atoms with Gasteiger partial charge in [-0.1, -0.05) is 13.8 Å². The second-order valence-corrected chi connectivity index (χ2v) is 7.50. The molecular weight excluding hydrogens is 264 g/mol. The third-order valence-corrected chi connectivity index (χ3v) is 4.79. The predicted octanol–water partition coefficient (Wildman–Crippen LogP) is 1.39. The highest BCUT2D eigenvalue weighted by atomic mass is 32.2. The number of carbonyl (C=O) groups excluding carboxylic acids is 1. The van der Waals surface area contributed by atoms with Gasteiger partial charge in [-0.05, 0) is 33.2 Å².